The Hall–Kier alpha value is -1.46. The Balaban J connectivity index is 2.46. The Labute approximate surface area is 351 Å². The number of hydrogen-bond acceptors (Lipinski definition) is 11. The highest BCUT2D eigenvalue weighted by atomic mass is 32.3. The molecular formula is C44H83NO12S. The van der Waals surface area contributed by atoms with Gasteiger partial charge in [0.1, 0.15) is 30.5 Å². The Bertz CT molecular complexity index is 1160. The van der Waals surface area contributed by atoms with Gasteiger partial charge >= 0.3 is 10.4 Å². The molecule has 1 aliphatic rings. The van der Waals surface area contributed by atoms with Crippen molar-refractivity contribution < 1.29 is 57.0 Å². The molecule has 0 spiro atoms. The van der Waals surface area contributed by atoms with Crippen LogP contribution in [0.15, 0.2) is 24.3 Å². The minimum absolute atomic E-state index is 0.259. The van der Waals surface area contributed by atoms with Crippen LogP contribution in [0, 0.1) is 0 Å². The fourth-order valence-corrected chi connectivity index (χ4v) is 7.78. The first-order valence-corrected chi connectivity index (χ1v) is 24.2. The maximum atomic E-state index is 13.1. The predicted molar refractivity (Wildman–Crippen MR) is 228 cm³/mol. The number of aliphatic hydroxyl groups excluding tert-OH is 5. The molecule has 0 bridgehead atoms. The average molecular weight is 850 g/mol. The van der Waals surface area contributed by atoms with Crippen LogP contribution in [0.4, 0.5) is 0 Å². The zero-order chi connectivity index (χ0) is 42.9. The summed E-state index contributed by atoms with van der Waals surface area (Å²) in [6, 6.07) is -1.03. The second-order valence-electron chi connectivity index (χ2n) is 16.1. The van der Waals surface area contributed by atoms with Gasteiger partial charge < -0.3 is 40.3 Å². The Kier molecular flexibility index (Phi) is 33.1. The average Bonchev–Trinajstić information content (AvgIpc) is 3.19. The summed E-state index contributed by atoms with van der Waals surface area (Å²) >= 11 is 0. The van der Waals surface area contributed by atoms with Gasteiger partial charge in [-0.25, -0.2) is 4.18 Å². The minimum Gasteiger partial charge on any atom is -0.394 e. The second-order valence-corrected chi connectivity index (χ2v) is 17.2. The molecule has 8 atom stereocenters. The zero-order valence-corrected chi connectivity index (χ0v) is 36.8. The van der Waals surface area contributed by atoms with Gasteiger partial charge in [-0.1, -0.05) is 173 Å². The van der Waals surface area contributed by atoms with Gasteiger partial charge in [-0.2, -0.15) is 8.42 Å². The lowest BCUT2D eigenvalue weighted by Crippen LogP contribution is -2.61. The summed E-state index contributed by atoms with van der Waals surface area (Å²) in [5, 5.41) is 55.2. The van der Waals surface area contributed by atoms with E-state index < -0.39 is 78.5 Å². The first kappa shape index (κ1) is 54.6. The summed E-state index contributed by atoms with van der Waals surface area (Å²) in [6.45, 7) is 3.14. The van der Waals surface area contributed by atoms with Gasteiger partial charge in [-0.15, -0.1) is 0 Å². The molecule has 0 aliphatic carbocycles. The Morgan fingerprint density at radius 1 is 0.707 bits per heavy atom. The predicted octanol–water partition coefficient (Wildman–Crippen LogP) is 7.52. The van der Waals surface area contributed by atoms with E-state index in [0.29, 0.717) is 19.3 Å². The van der Waals surface area contributed by atoms with Crippen molar-refractivity contribution in [2.24, 2.45) is 0 Å². The van der Waals surface area contributed by atoms with Gasteiger partial charge in [0.2, 0.25) is 5.91 Å². The molecule has 8 unspecified atom stereocenters. The van der Waals surface area contributed by atoms with Crippen molar-refractivity contribution in [3.63, 3.8) is 0 Å². The molecule has 14 heteroatoms. The van der Waals surface area contributed by atoms with Crippen molar-refractivity contribution in [2.75, 3.05) is 13.2 Å². The van der Waals surface area contributed by atoms with E-state index in [1.54, 1.807) is 0 Å². The van der Waals surface area contributed by atoms with Crippen molar-refractivity contribution in [3.05, 3.63) is 24.3 Å². The quantitative estimate of drug-likeness (QED) is 0.0183. The first-order valence-electron chi connectivity index (χ1n) is 22.8. The molecule has 0 aromatic carbocycles. The van der Waals surface area contributed by atoms with Crippen LogP contribution < -0.4 is 5.32 Å². The highest BCUT2D eigenvalue weighted by molar-refractivity contribution is 7.80. The smallest absolute Gasteiger partial charge is 0.394 e. The summed E-state index contributed by atoms with van der Waals surface area (Å²) < 4.78 is 47.4. The van der Waals surface area contributed by atoms with Crippen molar-refractivity contribution in [2.45, 2.75) is 236 Å². The number of hydrogen-bond donors (Lipinski definition) is 7. The van der Waals surface area contributed by atoms with Crippen LogP contribution in [0.1, 0.15) is 187 Å². The molecule has 1 aliphatic heterocycles. The van der Waals surface area contributed by atoms with Gasteiger partial charge in [0.25, 0.3) is 0 Å². The van der Waals surface area contributed by atoms with Crippen LogP contribution in [-0.2, 0) is 28.9 Å². The number of nitrogens with one attached hydrogen (secondary N) is 1. The van der Waals surface area contributed by atoms with E-state index in [1.807, 2.05) is 0 Å². The van der Waals surface area contributed by atoms with E-state index in [0.717, 1.165) is 51.4 Å². The molecule has 1 saturated heterocycles. The molecule has 1 amide bonds. The van der Waals surface area contributed by atoms with Gasteiger partial charge in [-0.3, -0.25) is 9.35 Å². The number of carbonyl (C=O) groups is 1. The number of aliphatic hydroxyl groups is 5. The molecule has 0 aromatic heterocycles. The van der Waals surface area contributed by atoms with E-state index in [2.05, 4.69) is 47.7 Å². The molecule has 1 rings (SSSR count). The molecular weight excluding hydrogens is 767 g/mol. The minimum atomic E-state index is -5.10. The summed E-state index contributed by atoms with van der Waals surface area (Å²) in [5.41, 5.74) is 0. The molecule has 7 N–H and O–H groups in total. The molecule has 1 heterocycles. The van der Waals surface area contributed by atoms with Crippen LogP contribution in [-0.4, -0.2) is 107 Å². The number of unbranched alkanes of at least 4 members (excludes halogenated alkanes) is 21. The lowest BCUT2D eigenvalue weighted by molar-refractivity contribution is -0.298. The third-order valence-electron chi connectivity index (χ3n) is 10.9. The summed E-state index contributed by atoms with van der Waals surface area (Å²) in [6.07, 6.45) is 26.7. The number of rotatable bonds is 38. The number of allylic oxidation sites excluding steroid dienone is 4. The lowest BCUT2D eigenvalue weighted by atomic mass is 9.99. The lowest BCUT2D eigenvalue weighted by Gasteiger charge is -2.41. The third-order valence-corrected chi connectivity index (χ3v) is 11.3. The molecule has 0 aromatic rings. The van der Waals surface area contributed by atoms with Gasteiger partial charge in [0, 0.05) is 0 Å². The van der Waals surface area contributed by atoms with E-state index >= 15 is 0 Å². The number of ether oxygens (including phenoxy) is 2. The Morgan fingerprint density at radius 3 is 1.72 bits per heavy atom. The molecule has 342 valence electrons. The molecule has 1 fully saturated rings. The van der Waals surface area contributed by atoms with Gasteiger partial charge in [-0.05, 0) is 38.5 Å². The fraction of sp³-hybridized carbons (Fsp3) is 0.886. The number of carbonyl (C=O) groups excluding carboxylic acids is 1. The zero-order valence-electron chi connectivity index (χ0n) is 36.0. The largest absolute Gasteiger partial charge is 0.397 e. The normalized spacial score (nSPS) is 21.8. The van der Waals surface area contributed by atoms with Gasteiger partial charge in [0.05, 0.1) is 25.4 Å². The van der Waals surface area contributed by atoms with E-state index in [1.165, 1.54) is 96.3 Å². The Morgan fingerprint density at radius 2 is 1.21 bits per heavy atom. The maximum absolute atomic E-state index is 13.1. The van der Waals surface area contributed by atoms with Crippen LogP contribution >= 0.6 is 0 Å². The standard InChI is InChI=1S/C44H83NO12S/c1-3-5-7-9-11-13-14-15-16-17-18-19-20-21-22-23-25-27-29-31-33-38(48)43(51)45-36(37(47)32-30-28-26-24-12-10-8-6-4-2)35-55-44-41(50)42(57-58(52,53)54)40(49)39(34-46)56-44/h5,7,11,13,36-42,44,46-50H,3-4,6,8-10,12,14-35H2,1-2H3,(H,45,51)(H,52,53,54)/b7-5-,13-11-. The monoisotopic (exact) mass is 850 g/mol. The first-order chi connectivity index (χ1) is 27.9. The molecule has 58 heavy (non-hydrogen) atoms. The highest BCUT2D eigenvalue weighted by Crippen LogP contribution is 2.26. The van der Waals surface area contributed by atoms with E-state index in [9.17, 15) is 38.7 Å². The van der Waals surface area contributed by atoms with Crippen LogP contribution in [0.3, 0.4) is 0 Å². The molecule has 0 radical (unpaired) electrons. The highest BCUT2D eigenvalue weighted by Gasteiger charge is 2.48. The van der Waals surface area contributed by atoms with Crippen molar-refractivity contribution in [3.8, 4) is 0 Å². The number of amides is 1. The van der Waals surface area contributed by atoms with Crippen molar-refractivity contribution in [1.82, 2.24) is 5.32 Å². The topological polar surface area (TPSA) is 212 Å². The maximum Gasteiger partial charge on any atom is 0.397 e. The van der Waals surface area contributed by atoms with Crippen molar-refractivity contribution >= 4 is 16.3 Å². The van der Waals surface area contributed by atoms with Gasteiger partial charge in [0.15, 0.2) is 6.29 Å². The second kappa shape index (κ2) is 35.2. The van der Waals surface area contributed by atoms with Crippen LogP contribution in [0.5, 0.6) is 0 Å². The van der Waals surface area contributed by atoms with Crippen LogP contribution in [0.2, 0.25) is 0 Å². The summed E-state index contributed by atoms with van der Waals surface area (Å²) in [7, 11) is -5.10. The fourth-order valence-electron chi connectivity index (χ4n) is 7.27. The van der Waals surface area contributed by atoms with E-state index in [4.69, 9.17) is 14.0 Å². The van der Waals surface area contributed by atoms with Crippen LogP contribution in [0.25, 0.3) is 0 Å². The SMILES string of the molecule is CC/C=C\C/C=C\CCCCCCCCCCCCCCCC(O)C(=O)NC(COC1OC(CO)C(O)C(OS(=O)(=O)O)C1O)C(O)CCCCCCCCCCC. The van der Waals surface area contributed by atoms with E-state index in [-0.39, 0.29) is 6.42 Å². The molecule has 0 saturated carbocycles. The van der Waals surface area contributed by atoms with Crippen molar-refractivity contribution in [1.29, 1.82) is 0 Å². The third kappa shape index (κ3) is 27.4. The summed E-state index contributed by atoms with van der Waals surface area (Å²) in [5.74, 6) is -0.673. The summed E-state index contributed by atoms with van der Waals surface area (Å²) in [4.78, 5) is 13.1. The molecule has 13 nitrogen and oxygen atoms in total.